The highest BCUT2D eigenvalue weighted by Crippen LogP contribution is 2.28. The molecule has 0 N–H and O–H groups in total. The van der Waals surface area contributed by atoms with Crippen LogP contribution in [-0.2, 0) is 11.2 Å². The summed E-state index contributed by atoms with van der Waals surface area (Å²) in [5.41, 5.74) is 1.00. The summed E-state index contributed by atoms with van der Waals surface area (Å²) in [4.78, 5) is 5.48. The predicted molar refractivity (Wildman–Crippen MR) is 86.6 cm³/mol. The molecule has 9 heteroatoms. The maximum Gasteiger partial charge on any atom is 0.433 e. The molecule has 2 aromatic rings. The first-order valence-corrected chi connectivity index (χ1v) is 9.06. The molecule has 1 atom stereocenters. The molecule has 0 aliphatic heterocycles. The smallest absolute Gasteiger partial charge is 0.433 e. The van der Waals surface area contributed by atoms with E-state index in [0.29, 0.717) is 4.80 Å². The zero-order chi connectivity index (χ0) is 18.2. The van der Waals surface area contributed by atoms with Gasteiger partial charge in [0.05, 0.1) is 5.69 Å². The van der Waals surface area contributed by atoms with E-state index in [0.717, 1.165) is 16.6 Å². The van der Waals surface area contributed by atoms with Crippen molar-refractivity contribution in [3.63, 3.8) is 0 Å². The highest BCUT2D eigenvalue weighted by atomic mass is 32.2. The molecule has 0 saturated heterocycles. The average Bonchev–Trinajstić information content (AvgIpc) is 2.73. The van der Waals surface area contributed by atoms with Crippen molar-refractivity contribution >= 4 is 22.5 Å². The van der Waals surface area contributed by atoms with Gasteiger partial charge in [0, 0.05) is 29.2 Å². The summed E-state index contributed by atoms with van der Waals surface area (Å²) < 4.78 is 65.6. The Kier molecular flexibility index (Phi) is 5.46. The quantitative estimate of drug-likeness (QED) is 0.590. The molecule has 0 bridgehead atoms. The molecule has 3 nitrogen and oxygen atoms in total. The van der Waals surface area contributed by atoms with Crippen LogP contribution >= 0.6 is 11.3 Å². The van der Waals surface area contributed by atoms with E-state index in [-0.39, 0.29) is 16.1 Å². The molecule has 0 radical (unpaired) electrons. The van der Waals surface area contributed by atoms with E-state index in [2.05, 4.69) is 4.99 Å². The van der Waals surface area contributed by atoms with Crippen LogP contribution < -0.4 is 4.80 Å². The van der Waals surface area contributed by atoms with Crippen LogP contribution in [0.1, 0.15) is 16.1 Å². The van der Waals surface area contributed by atoms with E-state index in [1.54, 1.807) is 14.0 Å². The Morgan fingerprint density at radius 2 is 1.88 bits per heavy atom. The van der Waals surface area contributed by atoms with Gasteiger partial charge < -0.3 is 4.55 Å². The lowest BCUT2D eigenvalue weighted by Crippen LogP contribution is -2.24. The van der Waals surface area contributed by atoms with Crippen molar-refractivity contribution in [1.29, 1.82) is 0 Å². The van der Waals surface area contributed by atoms with E-state index in [1.807, 2.05) is 6.92 Å². The second-order valence-corrected chi connectivity index (χ2v) is 7.86. The first kappa shape index (κ1) is 19.0. The number of benzene rings is 1. The molecule has 1 unspecified atom stereocenters. The van der Waals surface area contributed by atoms with Crippen molar-refractivity contribution in [2.45, 2.75) is 31.8 Å². The Morgan fingerprint density at radius 3 is 2.42 bits per heavy atom. The molecule has 24 heavy (non-hydrogen) atoms. The van der Waals surface area contributed by atoms with Crippen molar-refractivity contribution in [1.82, 2.24) is 4.57 Å². The second-order valence-electron chi connectivity index (χ2n) is 5.26. The number of nitrogens with zero attached hydrogens (tertiary/aromatic N) is 2. The van der Waals surface area contributed by atoms with E-state index < -0.39 is 28.9 Å². The number of aromatic nitrogens is 1. The van der Waals surface area contributed by atoms with Gasteiger partial charge in [0.25, 0.3) is 0 Å². The summed E-state index contributed by atoms with van der Waals surface area (Å²) in [6.45, 7) is 5.06. The highest BCUT2D eigenvalue weighted by molar-refractivity contribution is 7.91. The molecule has 1 heterocycles. The van der Waals surface area contributed by atoms with Crippen LogP contribution in [0.3, 0.4) is 0 Å². The molecule has 1 aromatic heterocycles. The summed E-state index contributed by atoms with van der Waals surface area (Å²) >= 11 is -0.951. The number of rotatable bonds is 3. The monoisotopic (exact) mass is 380 g/mol. The lowest BCUT2D eigenvalue weighted by atomic mass is 10.2. The van der Waals surface area contributed by atoms with Crippen molar-refractivity contribution in [3.05, 3.63) is 38.9 Å². The maximum atomic E-state index is 14.4. The Hall–Kier alpha value is -1.32. The number of hydrogen-bond acceptors (Lipinski definition) is 3. The fourth-order valence-electron chi connectivity index (χ4n) is 2.27. The molecular weight excluding hydrogens is 364 g/mol. The van der Waals surface area contributed by atoms with E-state index in [1.165, 1.54) is 28.9 Å². The molecule has 0 amide bonds. The van der Waals surface area contributed by atoms with Gasteiger partial charge in [0.15, 0.2) is 9.70 Å². The van der Waals surface area contributed by atoms with Gasteiger partial charge in [0.1, 0.15) is 5.82 Å². The third kappa shape index (κ3) is 3.84. The average molecular weight is 380 g/mol. The number of halogens is 4. The minimum absolute atomic E-state index is 0.0264. The van der Waals surface area contributed by atoms with E-state index in [9.17, 15) is 22.1 Å². The van der Waals surface area contributed by atoms with Crippen LogP contribution in [-0.4, -0.2) is 28.1 Å². The van der Waals surface area contributed by atoms with Gasteiger partial charge in [-0.15, -0.1) is 11.3 Å². The van der Waals surface area contributed by atoms with Crippen molar-refractivity contribution < 1.29 is 22.1 Å². The third-order valence-corrected chi connectivity index (χ3v) is 6.17. The minimum Gasteiger partial charge on any atom is -0.611 e. The Morgan fingerprint density at radius 1 is 1.25 bits per heavy atom. The first-order chi connectivity index (χ1) is 11.0. The standard InChI is InChI=1S/C15H16F4N2OS2/c1-8-5-11(16)12(6-13(8)24(22)7-15(17,18)19)21-9(2)10(3)23-14(21)20-4/h5-6H,7H2,1-4H3/b20-14-. The van der Waals surface area contributed by atoms with Gasteiger partial charge in [-0.1, -0.05) is 0 Å². The largest absolute Gasteiger partial charge is 0.611 e. The summed E-state index contributed by atoms with van der Waals surface area (Å²) in [6, 6.07) is 2.33. The fourth-order valence-corrected chi connectivity index (χ4v) is 4.32. The van der Waals surface area contributed by atoms with Gasteiger partial charge in [-0.2, -0.15) is 13.2 Å². The molecule has 0 aliphatic rings. The number of aryl methyl sites for hydroxylation is 2. The lowest BCUT2D eigenvalue weighted by molar-refractivity contribution is -0.106. The summed E-state index contributed by atoms with van der Waals surface area (Å²) in [5, 5.41) is 0. The maximum absolute atomic E-state index is 14.4. The number of alkyl halides is 3. The zero-order valence-corrected chi connectivity index (χ0v) is 15.1. The Balaban J connectivity index is 2.64. The fraction of sp³-hybridized carbons (Fsp3) is 0.400. The SMILES string of the molecule is C/N=c1\sc(C)c(C)n1-c1cc([S+]([O-])CC(F)(F)F)c(C)cc1F. The van der Waals surface area contributed by atoms with Crippen LogP contribution in [0.15, 0.2) is 22.0 Å². The molecule has 0 spiro atoms. The summed E-state index contributed by atoms with van der Waals surface area (Å²) in [5.74, 6) is -2.06. The van der Waals surface area contributed by atoms with E-state index in [4.69, 9.17) is 0 Å². The number of hydrogen-bond donors (Lipinski definition) is 0. The second kappa shape index (κ2) is 6.89. The van der Waals surface area contributed by atoms with Gasteiger partial charge in [-0.25, -0.2) is 4.39 Å². The topological polar surface area (TPSA) is 40.3 Å². The van der Waals surface area contributed by atoms with Crippen molar-refractivity contribution in [2.75, 3.05) is 12.8 Å². The van der Waals surface area contributed by atoms with Crippen LogP contribution in [0, 0.1) is 26.6 Å². The lowest BCUT2D eigenvalue weighted by Gasteiger charge is -2.16. The normalized spacial score (nSPS) is 14.3. The molecule has 0 fully saturated rings. The van der Waals surface area contributed by atoms with Gasteiger partial charge >= 0.3 is 6.18 Å². The van der Waals surface area contributed by atoms with Crippen molar-refractivity contribution in [2.24, 2.45) is 4.99 Å². The van der Waals surface area contributed by atoms with Crippen LogP contribution in [0.4, 0.5) is 17.6 Å². The molecule has 2 rings (SSSR count). The van der Waals surface area contributed by atoms with Crippen LogP contribution in [0.5, 0.6) is 0 Å². The molecule has 1 aromatic carbocycles. The minimum atomic E-state index is -4.56. The summed E-state index contributed by atoms with van der Waals surface area (Å²) in [6.07, 6.45) is -4.56. The molecule has 0 aliphatic carbocycles. The molecular formula is C15H16F4N2OS2. The van der Waals surface area contributed by atoms with Gasteiger partial charge in [-0.05, 0) is 38.0 Å². The third-order valence-electron chi connectivity index (χ3n) is 3.50. The molecule has 132 valence electrons. The summed E-state index contributed by atoms with van der Waals surface area (Å²) in [7, 11) is 1.55. The Bertz CT molecular complexity index is 824. The highest BCUT2D eigenvalue weighted by Gasteiger charge is 2.36. The number of thiazole rings is 1. The molecule has 0 saturated carbocycles. The first-order valence-electron chi connectivity index (χ1n) is 6.92. The van der Waals surface area contributed by atoms with Gasteiger partial charge in [0.2, 0.25) is 5.75 Å². The van der Waals surface area contributed by atoms with Gasteiger partial charge in [-0.3, -0.25) is 9.56 Å². The van der Waals surface area contributed by atoms with Crippen molar-refractivity contribution in [3.8, 4) is 5.69 Å². The zero-order valence-electron chi connectivity index (χ0n) is 13.5. The van der Waals surface area contributed by atoms with E-state index >= 15 is 0 Å². The van der Waals surface area contributed by atoms with Crippen LogP contribution in [0.25, 0.3) is 5.69 Å². The predicted octanol–water partition coefficient (Wildman–Crippen LogP) is 3.80. The Labute approximate surface area is 143 Å². The van der Waals surface area contributed by atoms with Crippen LogP contribution in [0.2, 0.25) is 0 Å².